The van der Waals surface area contributed by atoms with Crippen molar-refractivity contribution in [2.45, 2.75) is 6.54 Å². The van der Waals surface area contributed by atoms with Crippen LogP contribution >= 0.6 is 0 Å². The van der Waals surface area contributed by atoms with Crippen LogP contribution in [0.3, 0.4) is 0 Å². The van der Waals surface area contributed by atoms with E-state index in [-0.39, 0.29) is 6.03 Å². The molecule has 1 fully saturated rings. The first-order chi connectivity index (χ1) is 13.8. The van der Waals surface area contributed by atoms with Crippen molar-refractivity contribution in [3.05, 3.63) is 90.5 Å². The molecule has 0 unspecified atom stereocenters. The van der Waals surface area contributed by atoms with Crippen LogP contribution < -0.4 is 5.32 Å². The van der Waals surface area contributed by atoms with Crippen LogP contribution in [0.25, 0.3) is 11.1 Å². The van der Waals surface area contributed by atoms with Crippen LogP contribution in [0.15, 0.2) is 84.9 Å². The highest BCUT2D eigenvalue weighted by atomic mass is 16.2. The van der Waals surface area contributed by atoms with Gasteiger partial charge in [0.05, 0.1) is 0 Å². The van der Waals surface area contributed by atoms with Crippen LogP contribution in [0.1, 0.15) is 5.56 Å². The van der Waals surface area contributed by atoms with E-state index in [4.69, 9.17) is 0 Å². The van der Waals surface area contributed by atoms with Crippen molar-refractivity contribution < 1.29 is 4.79 Å². The summed E-state index contributed by atoms with van der Waals surface area (Å²) in [6.45, 7) is 4.24. The Morgan fingerprint density at radius 3 is 1.93 bits per heavy atom. The second-order valence-corrected chi connectivity index (χ2v) is 7.12. The van der Waals surface area contributed by atoms with E-state index in [1.807, 2.05) is 53.4 Å². The number of urea groups is 1. The minimum Gasteiger partial charge on any atom is -0.322 e. The summed E-state index contributed by atoms with van der Waals surface area (Å²) in [5.41, 5.74) is 4.47. The van der Waals surface area contributed by atoms with Gasteiger partial charge in [-0.25, -0.2) is 4.79 Å². The third-order valence-electron chi connectivity index (χ3n) is 5.15. The number of amides is 2. The molecule has 2 amide bonds. The second-order valence-electron chi connectivity index (χ2n) is 7.12. The molecule has 0 aromatic heterocycles. The normalized spacial score (nSPS) is 14.6. The molecule has 1 heterocycles. The van der Waals surface area contributed by atoms with Crippen molar-refractivity contribution in [1.82, 2.24) is 9.80 Å². The largest absolute Gasteiger partial charge is 0.322 e. The molecule has 3 aromatic rings. The lowest BCUT2D eigenvalue weighted by Gasteiger charge is -2.34. The van der Waals surface area contributed by atoms with E-state index in [9.17, 15) is 4.79 Å². The summed E-state index contributed by atoms with van der Waals surface area (Å²) in [7, 11) is 0. The molecule has 4 heteroatoms. The summed E-state index contributed by atoms with van der Waals surface area (Å²) in [6.07, 6.45) is 0. The molecule has 0 saturated carbocycles. The summed E-state index contributed by atoms with van der Waals surface area (Å²) >= 11 is 0. The van der Waals surface area contributed by atoms with Gasteiger partial charge in [0.25, 0.3) is 0 Å². The Bertz CT molecular complexity index is 886. The maximum Gasteiger partial charge on any atom is 0.321 e. The van der Waals surface area contributed by atoms with Gasteiger partial charge < -0.3 is 10.2 Å². The van der Waals surface area contributed by atoms with Gasteiger partial charge in [-0.2, -0.15) is 0 Å². The van der Waals surface area contributed by atoms with Crippen molar-refractivity contribution in [3.8, 4) is 11.1 Å². The van der Waals surface area contributed by atoms with E-state index in [2.05, 4.69) is 46.6 Å². The molecule has 0 spiro atoms. The summed E-state index contributed by atoms with van der Waals surface area (Å²) in [5.74, 6) is 0. The topological polar surface area (TPSA) is 35.6 Å². The quantitative estimate of drug-likeness (QED) is 0.721. The Hall–Kier alpha value is -3.11. The Morgan fingerprint density at radius 1 is 0.714 bits per heavy atom. The molecular formula is C24H25N3O. The van der Waals surface area contributed by atoms with Crippen LogP contribution in [0, 0.1) is 0 Å². The highest BCUT2D eigenvalue weighted by Crippen LogP contribution is 2.21. The van der Waals surface area contributed by atoms with Gasteiger partial charge in [0.15, 0.2) is 0 Å². The van der Waals surface area contributed by atoms with Crippen molar-refractivity contribution in [3.63, 3.8) is 0 Å². The van der Waals surface area contributed by atoms with Gasteiger partial charge in [-0.1, -0.05) is 72.8 Å². The monoisotopic (exact) mass is 371 g/mol. The van der Waals surface area contributed by atoms with Gasteiger partial charge in [-0.15, -0.1) is 0 Å². The van der Waals surface area contributed by atoms with Crippen molar-refractivity contribution in [2.24, 2.45) is 0 Å². The number of benzene rings is 3. The fourth-order valence-corrected chi connectivity index (χ4v) is 3.53. The van der Waals surface area contributed by atoms with E-state index in [0.29, 0.717) is 0 Å². The Balaban J connectivity index is 1.29. The zero-order valence-corrected chi connectivity index (χ0v) is 15.9. The number of hydrogen-bond donors (Lipinski definition) is 1. The molecular weight excluding hydrogens is 346 g/mol. The first kappa shape index (κ1) is 18.3. The fourth-order valence-electron chi connectivity index (χ4n) is 3.53. The first-order valence-electron chi connectivity index (χ1n) is 9.76. The molecule has 1 aliphatic rings. The van der Waals surface area contributed by atoms with Crippen LogP contribution in [-0.4, -0.2) is 42.0 Å². The molecule has 4 rings (SSSR count). The van der Waals surface area contributed by atoms with Gasteiger partial charge in [-0.3, -0.25) is 4.90 Å². The maximum absolute atomic E-state index is 12.6. The minimum absolute atomic E-state index is 0.0215. The average molecular weight is 371 g/mol. The molecule has 1 aliphatic heterocycles. The second kappa shape index (κ2) is 8.72. The molecule has 1 saturated heterocycles. The predicted octanol–water partition coefficient (Wildman–Crippen LogP) is 4.70. The van der Waals surface area contributed by atoms with Gasteiger partial charge >= 0.3 is 6.03 Å². The molecule has 142 valence electrons. The molecule has 0 bridgehead atoms. The molecule has 4 nitrogen and oxygen atoms in total. The van der Waals surface area contributed by atoms with Crippen molar-refractivity contribution in [1.29, 1.82) is 0 Å². The number of rotatable bonds is 4. The zero-order chi connectivity index (χ0) is 19.2. The SMILES string of the molecule is O=C(Nc1ccc(-c2ccccc2)cc1)N1CCN(Cc2ccccc2)CC1. The fraction of sp³-hybridized carbons (Fsp3) is 0.208. The highest BCUT2D eigenvalue weighted by molar-refractivity contribution is 5.89. The van der Waals surface area contributed by atoms with Crippen LogP contribution in [0.5, 0.6) is 0 Å². The van der Waals surface area contributed by atoms with Gasteiger partial charge in [0.1, 0.15) is 0 Å². The summed E-state index contributed by atoms with van der Waals surface area (Å²) < 4.78 is 0. The summed E-state index contributed by atoms with van der Waals surface area (Å²) in [4.78, 5) is 16.9. The van der Waals surface area contributed by atoms with Crippen molar-refractivity contribution >= 4 is 11.7 Å². The van der Waals surface area contributed by atoms with Gasteiger partial charge in [-0.05, 0) is 28.8 Å². The van der Waals surface area contributed by atoms with E-state index < -0.39 is 0 Å². The van der Waals surface area contributed by atoms with E-state index in [1.54, 1.807) is 0 Å². The number of anilines is 1. The number of carbonyl (C=O) groups excluding carboxylic acids is 1. The van der Waals surface area contributed by atoms with Crippen LogP contribution in [0.2, 0.25) is 0 Å². The minimum atomic E-state index is -0.0215. The number of nitrogens with one attached hydrogen (secondary N) is 1. The molecule has 0 radical (unpaired) electrons. The Kier molecular flexibility index (Phi) is 5.69. The molecule has 0 atom stereocenters. The van der Waals surface area contributed by atoms with Crippen LogP contribution in [-0.2, 0) is 6.54 Å². The molecule has 3 aromatic carbocycles. The lowest BCUT2D eigenvalue weighted by molar-refractivity contribution is 0.143. The first-order valence-corrected chi connectivity index (χ1v) is 9.76. The van der Waals surface area contributed by atoms with Gasteiger partial charge in [0, 0.05) is 38.4 Å². The molecule has 28 heavy (non-hydrogen) atoms. The van der Waals surface area contributed by atoms with Crippen molar-refractivity contribution in [2.75, 3.05) is 31.5 Å². The maximum atomic E-state index is 12.6. The average Bonchev–Trinajstić information content (AvgIpc) is 2.76. The van der Waals surface area contributed by atoms with E-state index in [0.717, 1.165) is 44.0 Å². The lowest BCUT2D eigenvalue weighted by Crippen LogP contribution is -2.49. The summed E-state index contributed by atoms with van der Waals surface area (Å²) in [5, 5.41) is 3.02. The van der Waals surface area contributed by atoms with Gasteiger partial charge in [0.2, 0.25) is 0 Å². The van der Waals surface area contributed by atoms with E-state index in [1.165, 1.54) is 11.1 Å². The third kappa shape index (κ3) is 4.59. The Morgan fingerprint density at radius 2 is 1.29 bits per heavy atom. The number of hydrogen-bond acceptors (Lipinski definition) is 2. The molecule has 1 N–H and O–H groups in total. The molecule has 0 aliphatic carbocycles. The standard InChI is InChI=1S/C24H25N3O/c28-24(25-23-13-11-22(12-14-23)21-9-5-2-6-10-21)27-17-15-26(16-18-27)19-20-7-3-1-4-8-20/h1-14H,15-19H2,(H,25,28). The summed E-state index contributed by atoms with van der Waals surface area (Å²) in [6, 6.07) is 28.7. The van der Waals surface area contributed by atoms with Crippen LogP contribution in [0.4, 0.5) is 10.5 Å². The number of nitrogens with zero attached hydrogens (tertiary/aromatic N) is 2. The predicted molar refractivity (Wildman–Crippen MR) is 114 cm³/mol. The van der Waals surface area contributed by atoms with E-state index >= 15 is 0 Å². The zero-order valence-electron chi connectivity index (χ0n) is 15.9. The lowest BCUT2D eigenvalue weighted by atomic mass is 10.1. The smallest absolute Gasteiger partial charge is 0.321 e. The Labute approximate surface area is 166 Å². The number of piperazine rings is 1. The highest BCUT2D eigenvalue weighted by Gasteiger charge is 2.21. The third-order valence-corrected chi connectivity index (χ3v) is 5.15. The number of carbonyl (C=O) groups is 1.